The molecule has 1 saturated heterocycles. The smallest absolute Gasteiger partial charge is 0.406 e. The fraction of sp³-hybridized carbons (Fsp3) is 0.533. The molecular formula is C15H19F3N2O2. The third kappa shape index (κ3) is 4.37. The van der Waals surface area contributed by atoms with Crippen molar-refractivity contribution in [1.82, 2.24) is 4.90 Å². The van der Waals surface area contributed by atoms with Gasteiger partial charge < -0.3 is 15.4 Å². The molecule has 122 valence electrons. The summed E-state index contributed by atoms with van der Waals surface area (Å²) in [6.45, 7) is 1.08. The van der Waals surface area contributed by atoms with Crippen LogP contribution in [0.1, 0.15) is 24.8 Å². The molecule has 22 heavy (non-hydrogen) atoms. The number of ether oxygens (including phenoxy) is 1. The maximum absolute atomic E-state index is 12.4. The monoisotopic (exact) mass is 316 g/mol. The second-order valence-corrected chi connectivity index (χ2v) is 5.27. The standard InChI is InChI=1S/C15H19F3N2O2/c16-15(17,18)22-13-6-2-1-4-11(13)7-8-14(21)20-9-3-5-12(20)10-19/h1-2,4,6,12H,3,5,7-10,19H2. The summed E-state index contributed by atoms with van der Waals surface area (Å²) >= 11 is 0. The number of hydrogen-bond donors (Lipinski definition) is 1. The summed E-state index contributed by atoms with van der Waals surface area (Å²) in [6, 6.07) is 5.94. The van der Waals surface area contributed by atoms with E-state index in [0.717, 1.165) is 12.8 Å². The molecule has 0 saturated carbocycles. The number of amides is 1. The quantitative estimate of drug-likeness (QED) is 0.908. The minimum atomic E-state index is -4.74. The number of nitrogens with two attached hydrogens (primary N) is 1. The average molecular weight is 316 g/mol. The van der Waals surface area contributed by atoms with E-state index in [1.54, 1.807) is 17.0 Å². The molecule has 1 aromatic rings. The SMILES string of the molecule is NCC1CCCN1C(=O)CCc1ccccc1OC(F)(F)F. The van der Waals surface area contributed by atoms with Gasteiger partial charge in [-0.15, -0.1) is 13.2 Å². The first-order valence-corrected chi connectivity index (χ1v) is 7.24. The van der Waals surface area contributed by atoms with Gasteiger partial charge in [0.05, 0.1) is 0 Å². The molecule has 0 radical (unpaired) electrons. The van der Waals surface area contributed by atoms with Crippen molar-refractivity contribution in [3.05, 3.63) is 29.8 Å². The Morgan fingerprint density at radius 2 is 2.09 bits per heavy atom. The van der Waals surface area contributed by atoms with E-state index in [-0.39, 0.29) is 30.5 Å². The molecule has 1 aliphatic heterocycles. The lowest BCUT2D eigenvalue weighted by molar-refractivity contribution is -0.274. The first-order valence-electron chi connectivity index (χ1n) is 7.24. The minimum Gasteiger partial charge on any atom is -0.406 e. The number of carbonyl (C=O) groups excluding carboxylic acids is 1. The Balaban J connectivity index is 1.98. The third-order valence-electron chi connectivity index (χ3n) is 3.78. The molecular weight excluding hydrogens is 297 g/mol. The first kappa shape index (κ1) is 16.6. The molecule has 4 nitrogen and oxygen atoms in total. The second-order valence-electron chi connectivity index (χ2n) is 5.27. The number of carbonyl (C=O) groups is 1. The van der Waals surface area contributed by atoms with Crippen LogP contribution in [0.4, 0.5) is 13.2 Å². The summed E-state index contributed by atoms with van der Waals surface area (Å²) in [5.41, 5.74) is 6.00. The molecule has 0 spiro atoms. The van der Waals surface area contributed by atoms with Crippen molar-refractivity contribution < 1.29 is 22.7 Å². The van der Waals surface area contributed by atoms with Crippen molar-refractivity contribution in [1.29, 1.82) is 0 Å². The highest BCUT2D eigenvalue weighted by molar-refractivity contribution is 5.77. The van der Waals surface area contributed by atoms with Crippen LogP contribution in [-0.4, -0.2) is 36.3 Å². The number of benzene rings is 1. The zero-order valence-corrected chi connectivity index (χ0v) is 12.1. The third-order valence-corrected chi connectivity index (χ3v) is 3.78. The van der Waals surface area contributed by atoms with Gasteiger partial charge in [0, 0.05) is 25.6 Å². The van der Waals surface area contributed by atoms with Gasteiger partial charge in [-0.2, -0.15) is 0 Å². The fourth-order valence-electron chi connectivity index (χ4n) is 2.73. The Morgan fingerprint density at radius 1 is 1.36 bits per heavy atom. The number of hydrogen-bond acceptors (Lipinski definition) is 3. The van der Waals surface area contributed by atoms with Gasteiger partial charge in [0.1, 0.15) is 5.75 Å². The van der Waals surface area contributed by atoms with Crippen LogP contribution in [0.5, 0.6) is 5.75 Å². The van der Waals surface area contributed by atoms with Gasteiger partial charge in [-0.05, 0) is 30.9 Å². The molecule has 2 N–H and O–H groups in total. The van der Waals surface area contributed by atoms with Crippen LogP contribution in [0.15, 0.2) is 24.3 Å². The summed E-state index contributed by atoms with van der Waals surface area (Å²) in [5, 5.41) is 0. The van der Waals surface area contributed by atoms with Gasteiger partial charge in [-0.25, -0.2) is 0 Å². The van der Waals surface area contributed by atoms with Crippen molar-refractivity contribution in [3.8, 4) is 5.75 Å². The zero-order valence-electron chi connectivity index (χ0n) is 12.1. The predicted molar refractivity (Wildman–Crippen MR) is 75.2 cm³/mol. The number of rotatable bonds is 5. The predicted octanol–water partition coefficient (Wildman–Crippen LogP) is 2.47. The highest BCUT2D eigenvalue weighted by atomic mass is 19.4. The lowest BCUT2D eigenvalue weighted by Crippen LogP contribution is -2.40. The van der Waals surface area contributed by atoms with E-state index in [0.29, 0.717) is 18.7 Å². The molecule has 0 aliphatic carbocycles. The van der Waals surface area contributed by atoms with Gasteiger partial charge in [0.2, 0.25) is 5.91 Å². The molecule has 0 aromatic heterocycles. The van der Waals surface area contributed by atoms with Crippen molar-refractivity contribution in [2.24, 2.45) is 5.73 Å². The van der Waals surface area contributed by atoms with E-state index in [1.807, 2.05) is 0 Å². The summed E-state index contributed by atoms with van der Waals surface area (Å²) in [7, 11) is 0. The Hall–Kier alpha value is -1.76. The normalized spacial score (nSPS) is 18.5. The topological polar surface area (TPSA) is 55.6 Å². The highest BCUT2D eigenvalue weighted by Crippen LogP contribution is 2.27. The van der Waals surface area contributed by atoms with Crippen molar-refractivity contribution in [2.75, 3.05) is 13.1 Å². The van der Waals surface area contributed by atoms with Gasteiger partial charge in [-0.1, -0.05) is 18.2 Å². The van der Waals surface area contributed by atoms with Crippen LogP contribution >= 0.6 is 0 Å². The van der Waals surface area contributed by atoms with Crippen LogP contribution in [-0.2, 0) is 11.2 Å². The molecule has 1 amide bonds. The van der Waals surface area contributed by atoms with Crippen molar-refractivity contribution in [3.63, 3.8) is 0 Å². The largest absolute Gasteiger partial charge is 0.573 e. The Morgan fingerprint density at radius 3 is 2.77 bits per heavy atom. The first-order chi connectivity index (χ1) is 10.4. The van der Waals surface area contributed by atoms with Gasteiger partial charge in [-0.3, -0.25) is 4.79 Å². The lowest BCUT2D eigenvalue weighted by Gasteiger charge is -2.23. The number of aryl methyl sites for hydroxylation is 1. The number of nitrogens with zero attached hydrogens (tertiary/aromatic N) is 1. The molecule has 0 bridgehead atoms. The van der Waals surface area contributed by atoms with E-state index < -0.39 is 6.36 Å². The van der Waals surface area contributed by atoms with E-state index in [1.165, 1.54) is 12.1 Å². The van der Waals surface area contributed by atoms with E-state index in [2.05, 4.69) is 4.74 Å². The Bertz CT molecular complexity index is 520. The van der Waals surface area contributed by atoms with Gasteiger partial charge in [0.25, 0.3) is 0 Å². The molecule has 1 aliphatic rings. The van der Waals surface area contributed by atoms with Crippen LogP contribution in [0, 0.1) is 0 Å². The Kier molecular flexibility index (Phi) is 5.28. The lowest BCUT2D eigenvalue weighted by atomic mass is 10.1. The summed E-state index contributed by atoms with van der Waals surface area (Å²) < 4.78 is 41.0. The van der Waals surface area contributed by atoms with Gasteiger partial charge >= 0.3 is 6.36 Å². The van der Waals surface area contributed by atoms with E-state index in [4.69, 9.17) is 5.73 Å². The number of halogens is 3. The summed E-state index contributed by atoms with van der Waals surface area (Å²) in [5.74, 6) is -0.325. The number of likely N-dealkylation sites (tertiary alicyclic amines) is 1. The van der Waals surface area contributed by atoms with Crippen molar-refractivity contribution >= 4 is 5.91 Å². The minimum absolute atomic E-state index is 0.0502. The van der Waals surface area contributed by atoms with E-state index >= 15 is 0 Å². The van der Waals surface area contributed by atoms with Crippen LogP contribution in [0.25, 0.3) is 0 Å². The maximum Gasteiger partial charge on any atom is 0.573 e. The molecule has 7 heteroatoms. The molecule has 1 atom stereocenters. The number of para-hydroxylation sites is 1. The van der Waals surface area contributed by atoms with Crippen LogP contribution in [0.2, 0.25) is 0 Å². The summed E-state index contributed by atoms with van der Waals surface area (Å²) in [6.07, 6.45) is -2.58. The second kappa shape index (κ2) is 7.00. The van der Waals surface area contributed by atoms with Crippen LogP contribution in [0.3, 0.4) is 0 Å². The zero-order chi connectivity index (χ0) is 16.2. The summed E-state index contributed by atoms with van der Waals surface area (Å²) in [4.78, 5) is 13.9. The molecule has 2 rings (SSSR count). The maximum atomic E-state index is 12.4. The molecule has 1 heterocycles. The Labute approximate surface area is 127 Å². The molecule has 1 aromatic carbocycles. The van der Waals surface area contributed by atoms with Crippen LogP contribution < -0.4 is 10.5 Å². The van der Waals surface area contributed by atoms with Crippen molar-refractivity contribution in [2.45, 2.75) is 38.1 Å². The van der Waals surface area contributed by atoms with Gasteiger partial charge in [0.15, 0.2) is 0 Å². The molecule has 1 fully saturated rings. The molecule has 1 unspecified atom stereocenters. The number of alkyl halides is 3. The fourth-order valence-corrected chi connectivity index (χ4v) is 2.73. The highest BCUT2D eigenvalue weighted by Gasteiger charge is 2.32. The average Bonchev–Trinajstić information content (AvgIpc) is 2.93. The van der Waals surface area contributed by atoms with E-state index in [9.17, 15) is 18.0 Å².